The van der Waals surface area contributed by atoms with Crippen molar-refractivity contribution in [1.29, 1.82) is 5.26 Å². The van der Waals surface area contributed by atoms with E-state index in [0.717, 1.165) is 5.56 Å². The summed E-state index contributed by atoms with van der Waals surface area (Å²) >= 11 is 5.84. The molecule has 102 valence electrons. The zero-order chi connectivity index (χ0) is 14.4. The van der Waals surface area contributed by atoms with Crippen LogP contribution in [0.3, 0.4) is 0 Å². The minimum Gasteiger partial charge on any atom is -0.391 e. The monoisotopic (exact) mass is 286 g/mol. The number of halogens is 1. The van der Waals surface area contributed by atoms with Crippen molar-refractivity contribution in [2.75, 3.05) is 11.9 Å². The maximum Gasteiger partial charge on any atom is 0.101 e. The molecule has 20 heavy (non-hydrogen) atoms. The number of aliphatic hydroxyl groups is 1. The van der Waals surface area contributed by atoms with Crippen LogP contribution in [0.15, 0.2) is 48.5 Å². The van der Waals surface area contributed by atoms with E-state index in [0.29, 0.717) is 29.2 Å². The highest BCUT2D eigenvalue weighted by Crippen LogP contribution is 2.19. The van der Waals surface area contributed by atoms with Crippen molar-refractivity contribution >= 4 is 17.3 Å². The normalized spacial score (nSPS) is 11.7. The van der Waals surface area contributed by atoms with Gasteiger partial charge in [0.1, 0.15) is 6.07 Å². The van der Waals surface area contributed by atoms with Gasteiger partial charge in [-0.1, -0.05) is 41.9 Å². The quantitative estimate of drug-likeness (QED) is 0.887. The van der Waals surface area contributed by atoms with Crippen molar-refractivity contribution in [2.45, 2.75) is 12.5 Å². The van der Waals surface area contributed by atoms with E-state index in [-0.39, 0.29) is 0 Å². The molecule has 2 aromatic rings. The Balaban J connectivity index is 1.94. The first-order valence-electron chi connectivity index (χ1n) is 6.34. The zero-order valence-electron chi connectivity index (χ0n) is 10.9. The van der Waals surface area contributed by atoms with E-state index in [1.165, 1.54) is 0 Å². The smallest absolute Gasteiger partial charge is 0.101 e. The number of hydrogen-bond acceptors (Lipinski definition) is 3. The van der Waals surface area contributed by atoms with Gasteiger partial charge in [0, 0.05) is 18.0 Å². The number of aliphatic hydroxyl groups excluding tert-OH is 1. The molecule has 1 atom stereocenters. The van der Waals surface area contributed by atoms with Crippen LogP contribution >= 0.6 is 11.6 Å². The fraction of sp³-hybridized carbons (Fsp3) is 0.188. The third kappa shape index (κ3) is 3.99. The van der Waals surface area contributed by atoms with E-state index >= 15 is 0 Å². The molecule has 2 rings (SSSR count). The maximum atomic E-state index is 10.0. The van der Waals surface area contributed by atoms with Crippen molar-refractivity contribution < 1.29 is 5.11 Å². The molecule has 0 saturated carbocycles. The number of hydrogen-bond donors (Lipinski definition) is 2. The summed E-state index contributed by atoms with van der Waals surface area (Å²) in [7, 11) is 0. The predicted molar refractivity (Wildman–Crippen MR) is 80.8 cm³/mol. The topological polar surface area (TPSA) is 56.0 Å². The predicted octanol–water partition coefficient (Wildman–Crippen LogP) is 3.23. The van der Waals surface area contributed by atoms with Gasteiger partial charge in [0.05, 0.1) is 17.4 Å². The summed E-state index contributed by atoms with van der Waals surface area (Å²) in [5, 5.41) is 22.6. The SMILES string of the molecule is N#Cc1cc(Cl)ccc1NCC(O)Cc1ccccc1. The summed E-state index contributed by atoms with van der Waals surface area (Å²) in [5.41, 5.74) is 2.24. The fourth-order valence-electron chi connectivity index (χ4n) is 1.95. The van der Waals surface area contributed by atoms with Crippen LogP contribution in [0.1, 0.15) is 11.1 Å². The van der Waals surface area contributed by atoms with Gasteiger partial charge in [-0.2, -0.15) is 5.26 Å². The van der Waals surface area contributed by atoms with Gasteiger partial charge in [-0.15, -0.1) is 0 Å². The lowest BCUT2D eigenvalue weighted by molar-refractivity contribution is 0.188. The highest BCUT2D eigenvalue weighted by Gasteiger charge is 2.07. The molecule has 3 nitrogen and oxygen atoms in total. The van der Waals surface area contributed by atoms with E-state index in [1.807, 2.05) is 30.3 Å². The van der Waals surface area contributed by atoms with Gasteiger partial charge in [-0.3, -0.25) is 0 Å². The van der Waals surface area contributed by atoms with Crippen LogP contribution in [0.5, 0.6) is 0 Å². The second-order valence-corrected chi connectivity index (χ2v) is 4.96. The second kappa shape index (κ2) is 6.95. The molecule has 2 N–H and O–H groups in total. The van der Waals surface area contributed by atoms with Crippen molar-refractivity contribution in [3.8, 4) is 6.07 Å². The summed E-state index contributed by atoms with van der Waals surface area (Å²) in [5.74, 6) is 0. The molecule has 0 aromatic heterocycles. The Morgan fingerprint density at radius 2 is 1.95 bits per heavy atom. The molecule has 4 heteroatoms. The summed E-state index contributed by atoms with van der Waals surface area (Å²) in [6, 6.07) is 16.9. The van der Waals surface area contributed by atoms with Gasteiger partial charge in [0.25, 0.3) is 0 Å². The molecule has 0 radical (unpaired) electrons. The lowest BCUT2D eigenvalue weighted by atomic mass is 10.1. The Hall–Kier alpha value is -2.02. The van der Waals surface area contributed by atoms with Gasteiger partial charge in [0.2, 0.25) is 0 Å². The average molecular weight is 287 g/mol. The minimum absolute atomic E-state index is 0.380. The lowest BCUT2D eigenvalue weighted by Gasteiger charge is -2.14. The number of benzene rings is 2. The zero-order valence-corrected chi connectivity index (χ0v) is 11.6. The van der Waals surface area contributed by atoms with Crippen LogP contribution in [0.2, 0.25) is 5.02 Å². The summed E-state index contributed by atoms with van der Waals surface area (Å²) in [6.07, 6.45) is 0.0585. The summed E-state index contributed by atoms with van der Waals surface area (Å²) in [4.78, 5) is 0. The number of anilines is 1. The highest BCUT2D eigenvalue weighted by atomic mass is 35.5. The van der Waals surface area contributed by atoms with Gasteiger partial charge < -0.3 is 10.4 Å². The first-order valence-corrected chi connectivity index (χ1v) is 6.72. The van der Waals surface area contributed by atoms with E-state index < -0.39 is 6.10 Å². The van der Waals surface area contributed by atoms with E-state index in [1.54, 1.807) is 18.2 Å². The van der Waals surface area contributed by atoms with Crippen LogP contribution in [0.4, 0.5) is 5.69 Å². The largest absolute Gasteiger partial charge is 0.391 e. The molecule has 0 spiro atoms. The Kier molecular flexibility index (Phi) is 5.00. The molecule has 0 heterocycles. The van der Waals surface area contributed by atoms with Crippen molar-refractivity contribution in [2.24, 2.45) is 0 Å². The van der Waals surface area contributed by atoms with Gasteiger partial charge in [0.15, 0.2) is 0 Å². The number of rotatable bonds is 5. The average Bonchev–Trinajstić information content (AvgIpc) is 2.47. The molecular formula is C16H15ClN2O. The lowest BCUT2D eigenvalue weighted by Crippen LogP contribution is -2.22. The van der Waals surface area contributed by atoms with Crippen molar-refractivity contribution in [1.82, 2.24) is 0 Å². The molecule has 0 aliphatic rings. The summed E-state index contributed by atoms with van der Waals surface area (Å²) < 4.78 is 0. The molecule has 2 aromatic carbocycles. The van der Waals surface area contributed by atoms with Crippen LogP contribution in [-0.4, -0.2) is 17.8 Å². The van der Waals surface area contributed by atoms with Crippen LogP contribution < -0.4 is 5.32 Å². The van der Waals surface area contributed by atoms with Crippen molar-refractivity contribution in [3.05, 3.63) is 64.7 Å². The molecule has 0 aliphatic heterocycles. The Bertz CT molecular complexity index is 608. The Labute approximate surface area is 123 Å². The first-order chi connectivity index (χ1) is 9.69. The molecule has 0 aliphatic carbocycles. The molecule has 0 amide bonds. The second-order valence-electron chi connectivity index (χ2n) is 4.53. The standard InChI is InChI=1S/C16H15ClN2O/c17-14-6-7-16(13(9-14)10-18)19-11-15(20)8-12-4-2-1-3-5-12/h1-7,9,15,19-20H,8,11H2. The fourth-order valence-corrected chi connectivity index (χ4v) is 2.12. The number of nitriles is 1. The Morgan fingerprint density at radius 1 is 1.20 bits per heavy atom. The van der Waals surface area contributed by atoms with E-state index in [4.69, 9.17) is 16.9 Å². The van der Waals surface area contributed by atoms with E-state index in [2.05, 4.69) is 11.4 Å². The maximum absolute atomic E-state index is 10.0. The highest BCUT2D eigenvalue weighted by molar-refractivity contribution is 6.30. The summed E-state index contributed by atoms with van der Waals surface area (Å²) in [6.45, 7) is 0.380. The van der Waals surface area contributed by atoms with Crippen molar-refractivity contribution in [3.63, 3.8) is 0 Å². The van der Waals surface area contributed by atoms with Gasteiger partial charge >= 0.3 is 0 Å². The first kappa shape index (κ1) is 14.4. The molecule has 0 bridgehead atoms. The van der Waals surface area contributed by atoms with Crippen LogP contribution in [0.25, 0.3) is 0 Å². The molecule has 1 unspecified atom stereocenters. The van der Waals surface area contributed by atoms with Crippen LogP contribution in [0, 0.1) is 11.3 Å². The minimum atomic E-state index is -0.514. The Morgan fingerprint density at radius 3 is 2.65 bits per heavy atom. The molecular weight excluding hydrogens is 272 g/mol. The third-order valence-electron chi connectivity index (χ3n) is 2.94. The molecule has 0 fully saturated rings. The van der Waals surface area contributed by atoms with Gasteiger partial charge in [-0.05, 0) is 23.8 Å². The third-order valence-corrected chi connectivity index (χ3v) is 3.18. The molecule has 0 saturated heterocycles. The van der Waals surface area contributed by atoms with Gasteiger partial charge in [-0.25, -0.2) is 0 Å². The van der Waals surface area contributed by atoms with Crippen LogP contribution in [-0.2, 0) is 6.42 Å². The number of nitrogens with one attached hydrogen (secondary N) is 1. The van der Waals surface area contributed by atoms with E-state index in [9.17, 15) is 5.11 Å². The number of nitrogens with zero attached hydrogens (tertiary/aromatic N) is 1.